The zero-order valence-electron chi connectivity index (χ0n) is 10.4. The molecule has 0 unspecified atom stereocenters. The van der Waals surface area contributed by atoms with Gasteiger partial charge in [-0.25, -0.2) is 0 Å². The zero-order chi connectivity index (χ0) is 12.3. The van der Waals surface area contributed by atoms with Gasteiger partial charge in [0.25, 0.3) is 0 Å². The van der Waals surface area contributed by atoms with Crippen LogP contribution in [0.15, 0.2) is 29.6 Å². The van der Waals surface area contributed by atoms with Gasteiger partial charge in [0, 0.05) is 23.4 Å². The molecule has 2 rings (SSSR count). The van der Waals surface area contributed by atoms with Crippen LogP contribution in [0.5, 0.6) is 0 Å². The quantitative estimate of drug-likeness (QED) is 0.853. The largest absolute Gasteiger partial charge is 0.396 e. The van der Waals surface area contributed by atoms with Crippen molar-refractivity contribution in [3.63, 3.8) is 0 Å². The summed E-state index contributed by atoms with van der Waals surface area (Å²) in [5.74, 6) is 0. The van der Waals surface area contributed by atoms with Gasteiger partial charge < -0.3 is 10.4 Å². The Morgan fingerprint density at radius 2 is 2.06 bits per heavy atom. The first-order valence-electron chi connectivity index (χ1n) is 5.93. The lowest BCUT2D eigenvalue weighted by Crippen LogP contribution is -2.39. The number of nitrogens with one attached hydrogen (secondary N) is 1. The molecule has 92 valence electrons. The van der Waals surface area contributed by atoms with E-state index in [0.29, 0.717) is 0 Å². The van der Waals surface area contributed by atoms with Crippen LogP contribution >= 0.6 is 11.3 Å². The number of hydrogen-bond donors (Lipinski definition) is 2. The highest BCUT2D eigenvalue weighted by molar-refractivity contribution is 7.17. The minimum atomic E-state index is -0.0161. The maximum atomic E-state index is 8.99. The highest BCUT2D eigenvalue weighted by Crippen LogP contribution is 2.26. The molecule has 0 spiro atoms. The van der Waals surface area contributed by atoms with Crippen molar-refractivity contribution in [3.8, 4) is 0 Å². The van der Waals surface area contributed by atoms with E-state index in [2.05, 4.69) is 48.8 Å². The lowest BCUT2D eigenvalue weighted by atomic mass is 10.0. The van der Waals surface area contributed by atoms with Gasteiger partial charge in [-0.2, -0.15) is 0 Å². The summed E-state index contributed by atoms with van der Waals surface area (Å²) in [5.41, 5.74) is 1.33. The third kappa shape index (κ3) is 3.06. The van der Waals surface area contributed by atoms with E-state index < -0.39 is 0 Å². The fourth-order valence-electron chi connectivity index (χ4n) is 1.87. The van der Waals surface area contributed by atoms with E-state index in [0.717, 1.165) is 13.0 Å². The van der Waals surface area contributed by atoms with Gasteiger partial charge in [0.2, 0.25) is 0 Å². The van der Waals surface area contributed by atoms with Gasteiger partial charge in [-0.3, -0.25) is 0 Å². The standard InChI is InChI=1S/C14H19NOS/c1-14(2,7-8-16)15-9-11-10-17-13-6-4-3-5-12(11)13/h3-6,10,15-16H,7-9H2,1-2H3. The molecule has 0 aliphatic carbocycles. The first-order valence-corrected chi connectivity index (χ1v) is 6.81. The molecule has 1 aromatic carbocycles. The molecule has 2 nitrogen and oxygen atoms in total. The van der Waals surface area contributed by atoms with Gasteiger partial charge in [0.15, 0.2) is 0 Å². The van der Waals surface area contributed by atoms with Gasteiger partial charge >= 0.3 is 0 Å². The predicted octanol–water partition coefficient (Wildman–Crippen LogP) is 3.15. The van der Waals surface area contributed by atoms with Crippen molar-refractivity contribution in [1.82, 2.24) is 5.32 Å². The zero-order valence-corrected chi connectivity index (χ0v) is 11.2. The smallest absolute Gasteiger partial charge is 0.0448 e. The van der Waals surface area contributed by atoms with Crippen LogP contribution in [0, 0.1) is 0 Å². The van der Waals surface area contributed by atoms with Crippen LogP contribution in [-0.4, -0.2) is 17.3 Å². The molecule has 0 fully saturated rings. The Bertz CT molecular complexity index is 490. The summed E-state index contributed by atoms with van der Waals surface area (Å²) in [7, 11) is 0. The number of aliphatic hydroxyl groups excluding tert-OH is 1. The SMILES string of the molecule is CC(C)(CCO)NCc1csc2ccccc12. The molecular weight excluding hydrogens is 230 g/mol. The van der Waals surface area contributed by atoms with Crippen molar-refractivity contribution in [2.24, 2.45) is 0 Å². The summed E-state index contributed by atoms with van der Waals surface area (Å²) in [6.07, 6.45) is 0.773. The maximum absolute atomic E-state index is 8.99. The molecule has 2 N–H and O–H groups in total. The maximum Gasteiger partial charge on any atom is 0.0448 e. The van der Waals surface area contributed by atoms with Crippen molar-refractivity contribution in [2.45, 2.75) is 32.4 Å². The third-order valence-corrected chi connectivity index (χ3v) is 4.07. The predicted molar refractivity (Wildman–Crippen MR) is 74.4 cm³/mol. The van der Waals surface area contributed by atoms with Crippen LogP contribution in [0.4, 0.5) is 0 Å². The highest BCUT2D eigenvalue weighted by atomic mass is 32.1. The minimum absolute atomic E-state index is 0.0161. The Hall–Kier alpha value is -0.900. The normalized spacial score (nSPS) is 12.2. The van der Waals surface area contributed by atoms with Gasteiger partial charge in [0.1, 0.15) is 0 Å². The van der Waals surface area contributed by atoms with Crippen molar-refractivity contribution >= 4 is 21.4 Å². The summed E-state index contributed by atoms with van der Waals surface area (Å²) >= 11 is 1.79. The van der Waals surface area contributed by atoms with Crippen LogP contribution in [0.1, 0.15) is 25.8 Å². The summed E-state index contributed by atoms with van der Waals surface area (Å²) in [5, 5.41) is 16.0. The molecule has 0 saturated heterocycles. The van der Waals surface area contributed by atoms with E-state index in [-0.39, 0.29) is 12.1 Å². The van der Waals surface area contributed by atoms with Crippen molar-refractivity contribution < 1.29 is 5.11 Å². The van der Waals surface area contributed by atoms with E-state index in [9.17, 15) is 0 Å². The molecular formula is C14H19NOS. The van der Waals surface area contributed by atoms with Crippen molar-refractivity contribution in [2.75, 3.05) is 6.61 Å². The third-order valence-electron chi connectivity index (χ3n) is 3.06. The molecule has 0 aliphatic heterocycles. The number of hydrogen-bond acceptors (Lipinski definition) is 3. The van der Waals surface area contributed by atoms with E-state index in [4.69, 9.17) is 5.11 Å². The number of benzene rings is 1. The fourth-order valence-corrected chi connectivity index (χ4v) is 2.83. The number of aliphatic hydroxyl groups is 1. The molecule has 0 radical (unpaired) electrons. The first-order chi connectivity index (χ1) is 8.12. The monoisotopic (exact) mass is 249 g/mol. The Kier molecular flexibility index (Phi) is 3.82. The number of thiophene rings is 1. The summed E-state index contributed by atoms with van der Waals surface area (Å²) < 4.78 is 1.34. The molecule has 0 aliphatic rings. The molecule has 1 heterocycles. The second-order valence-electron chi connectivity index (χ2n) is 4.97. The van der Waals surface area contributed by atoms with Crippen molar-refractivity contribution in [1.29, 1.82) is 0 Å². The van der Waals surface area contributed by atoms with E-state index >= 15 is 0 Å². The Morgan fingerprint density at radius 3 is 2.82 bits per heavy atom. The molecule has 0 atom stereocenters. The lowest BCUT2D eigenvalue weighted by molar-refractivity contribution is 0.230. The summed E-state index contributed by atoms with van der Waals surface area (Å²) in [4.78, 5) is 0. The summed E-state index contributed by atoms with van der Waals surface area (Å²) in [6, 6.07) is 8.48. The fraction of sp³-hybridized carbons (Fsp3) is 0.429. The molecule has 1 aromatic heterocycles. The van der Waals surface area contributed by atoms with Crippen LogP contribution in [0.2, 0.25) is 0 Å². The minimum Gasteiger partial charge on any atom is -0.396 e. The average molecular weight is 249 g/mol. The summed E-state index contributed by atoms with van der Waals surface area (Å²) in [6.45, 7) is 5.33. The molecule has 0 amide bonds. The molecule has 0 saturated carbocycles. The van der Waals surface area contributed by atoms with E-state index in [1.54, 1.807) is 11.3 Å². The highest BCUT2D eigenvalue weighted by Gasteiger charge is 2.16. The second kappa shape index (κ2) is 5.17. The van der Waals surface area contributed by atoms with Gasteiger partial charge in [-0.15, -0.1) is 11.3 Å². The van der Waals surface area contributed by atoms with Gasteiger partial charge in [0.05, 0.1) is 0 Å². The molecule has 2 aromatic rings. The number of rotatable bonds is 5. The Balaban J connectivity index is 2.09. The van der Waals surface area contributed by atoms with E-state index in [1.165, 1.54) is 15.6 Å². The number of fused-ring (bicyclic) bond motifs is 1. The van der Waals surface area contributed by atoms with Crippen molar-refractivity contribution in [3.05, 3.63) is 35.2 Å². The van der Waals surface area contributed by atoms with Crippen LogP contribution in [0.3, 0.4) is 0 Å². The average Bonchev–Trinajstić information content (AvgIpc) is 2.70. The van der Waals surface area contributed by atoms with Crippen LogP contribution in [-0.2, 0) is 6.54 Å². The Morgan fingerprint density at radius 1 is 1.29 bits per heavy atom. The second-order valence-corrected chi connectivity index (χ2v) is 5.88. The lowest BCUT2D eigenvalue weighted by Gasteiger charge is -2.25. The first kappa shape index (κ1) is 12.6. The molecule has 17 heavy (non-hydrogen) atoms. The molecule has 3 heteroatoms. The van der Waals surface area contributed by atoms with Crippen LogP contribution < -0.4 is 5.32 Å². The topological polar surface area (TPSA) is 32.3 Å². The van der Waals surface area contributed by atoms with E-state index in [1.807, 2.05) is 0 Å². The van der Waals surface area contributed by atoms with Gasteiger partial charge in [-0.1, -0.05) is 18.2 Å². The van der Waals surface area contributed by atoms with Crippen LogP contribution in [0.25, 0.3) is 10.1 Å². The molecule has 0 bridgehead atoms. The Labute approximate surface area is 106 Å². The van der Waals surface area contributed by atoms with Gasteiger partial charge in [-0.05, 0) is 42.7 Å².